The highest BCUT2D eigenvalue weighted by Crippen LogP contribution is 2.32. The van der Waals surface area contributed by atoms with Crippen LogP contribution in [0.1, 0.15) is 5.56 Å². The minimum atomic E-state index is -1.65. The number of ether oxygens (including phenoxy) is 1. The molecule has 1 saturated heterocycles. The van der Waals surface area contributed by atoms with Crippen molar-refractivity contribution in [1.29, 1.82) is 0 Å². The van der Waals surface area contributed by atoms with E-state index in [0.29, 0.717) is 11.1 Å². The predicted octanol–water partition coefficient (Wildman–Crippen LogP) is 1.01. The number of imide groups is 1. The van der Waals surface area contributed by atoms with E-state index in [1.165, 1.54) is 17.9 Å². The summed E-state index contributed by atoms with van der Waals surface area (Å²) in [6, 6.07) is 4.47. The van der Waals surface area contributed by atoms with Gasteiger partial charge in [0, 0.05) is 23.2 Å². The third-order valence-electron chi connectivity index (χ3n) is 4.62. The summed E-state index contributed by atoms with van der Waals surface area (Å²) in [5, 5.41) is 16.6. The standard InChI is InChI=1S/C19H15ClN6O4/c1-30-12-3-2-11-8-26(15(27)13(11)6-12)9-19(16(28)24-18(29)25-19)5-4-10-7-22-17(20)23-14(10)21/h2-3,6-8,27H,9H2,1H3,(H2,21,22,23)(H2,24,25,28,29)/t19-/m1/s1. The molecule has 0 unspecified atom stereocenters. The number of aromatic hydroxyl groups is 1. The number of rotatable bonds is 3. The molecule has 0 saturated carbocycles. The zero-order valence-corrected chi connectivity index (χ0v) is 16.3. The Hall–Kier alpha value is -3.97. The van der Waals surface area contributed by atoms with Crippen LogP contribution >= 0.6 is 11.6 Å². The second-order valence-electron chi connectivity index (χ2n) is 6.54. The van der Waals surface area contributed by atoms with Crippen LogP contribution in [0.15, 0.2) is 30.6 Å². The van der Waals surface area contributed by atoms with E-state index in [4.69, 9.17) is 22.1 Å². The maximum atomic E-state index is 12.6. The minimum Gasteiger partial charge on any atom is -0.497 e. The van der Waals surface area contributed by atoms with Crippen molar-refractivity contribution in [1.82, 2.24) is 25.2 Å². The normalized spacial score (nSPS) is 17.9. The molecule has 5 N–H and O–H groups in total. The number of carbonyl (C=O) groups is 2. The summed E-state index contributed by atoms with van der Waals surface area (Å²) >= 11 is 5.69. The number of aromatic nitrogens is 3. The molecule has 0 bridgehead atoms. The van der Waals surface area contributed by atoms with Gasteiger partial charge >= 0.3 is 6.03 Å². The van der Waals surface area contributed by atoms with Crippen LogP contribution in [0, 0.1) is 11.8 Å². The van der Waals surface area contributed by atoms with Gasteiger partial charge in [-0.1, -0.05) is 11.8 Å². The Kier molecular flexibility index (Phi) is 4.60. The summed E-state index contributed by atoms with van der Waals surface area (Å²) in [4.78, 5) is 32.1. The monoisotopic (exact) mass is 426 g/mol. The topological polar surface area (TPSA) is 144 Å². The first-order chi connectivity index (χ1) is 14.3. The number of hydrogen-bond acceptors (Lipinski definition) is 7. The molecule has 1 aliphatic heterocycles. The van der Waals surface area contributed by atoms with Crippen molar-refractivity contribution in [3.8, 4) is 23.5 Å². The molecular weight excluding hydrogens is 412 g/mol. The molecule has 1 aliphatic rings. The number of nitrogen functional groups attached to an aromatic ring is 1. The molecule has 4 rings (SSSR count). The fraction of sp³-hybridized carbons (Fsp3) is 0.158. The van der Waals surface area contributed by atoms with E-state index in [9.17, 15) is 14.7 Å². The Morgan fingerprint density at radius 3 is 2.87 bits per heavy atom. The quantitative estimate of drug-likeness (QED) is 0.278. The van der Waals surface area contributed by atoms with Gasteiger partial charge in [0.15, 0.2) is 5.88 Å². The van der Waals surface area contributed by atoms with Crippen LogP contribution in [0.5, 0.6) is 11.6 Å². The smallest absolute Gasteiger partial charge is 0.323 e. The van der Waals surface area contributed by atoms with Gasteiger partial charge in [-0.25, -0.2) is 9.78 Å². The third kappa shape index (κ3) is 3.31. The summed E-state index contributed by atoms with van der Waals surface area (Å²) < 4.78 is 6.60. The molecule has 10 nitrogen and oxygen atoms in total. The summed E-state index contributed by atoms with van der Waals surface area (Å²) in [6.07, 6.45) is 2.96. The van der Waals surface area contributed by atoms with Gasteiger partial charge < -0.3 is 25.5 Å². The Bertz CT molecular complexity index is 1260. The molecule has 3 amide bonds. The summed E-state index contributed by atoms with van der Waals surface area (Å²) in [6.45, 7) is -0.158. The lowest BCUT2D eigenvalue weighted by atomic mass is 10.00. The van der Waals surface area contributed by atoms with Crippen molar-refractivity contribution in [3.63, 3.8) is 0 Å². The average molecular weight is 427 g/mol. The molecule has 1 fully saturated rings. The van der Waals surface area contributed by atoms with Crippen LogP contribution in [0.2, 0.25) is 5.28 Å². The van der Waals surface area contributed by atoms with Crippen molar-refractivity contribution in [2.45, 2.75) is 12.1 Å². The first kappa shape index (κ1) is 19.4. The molecule has 0 radical (unpaired) electrons. The van der Waals surface area contributed by atoms with Gasteiger partial charge in [0.25, 0.3) is 5.91 Å². The van der Waals surface area contributed by atoms with Crippen LogP contribution < -0.4 is 21.1 Å². The van der Waals surface area contributed by atoms with Crippen molar-refractivity contribution in [2.24, 2.45) is 0 Å². The summed E-state index contributed by atoms with van der Waals surface area (Å²) in [5.41, 5.74) is 4.37. The summed E-state index contributed by atoms with van der Waals surface area (Å²) in [5.74, 6) is 5.29. The fourth-order valence-corrected chi connectivity index (χ4v) is 3.24. The molecule has 3 aromatic rings. The molecule has 30 heavy (non-hydrogen) atoms. The Morgan fingerprint density at radius 1 is 1.40 bits per heavy atom. The molecule has 1 aromatic carbocycles. The van der Waals surface area contributed by atoms with Gasteiger partial charge in [0.2, 0.25) is 10.8 Å². The number of hydrogen-bond donors (Lipinski definition) is 4. The molecule has 152 valence electrons. The van der Waals surface area contributed by atoms with Gasteiger partial charge in [0.1, 0.15) is 11.6 Å². The van der Waals surface area contributed by atoms with Crippen LogP contribution in [0.3, 0.4) is 0 Å². The second-order valence-corrected chi connectivity index (χ2v) is 6.87. The minimum absolute atomic E-state index is 0.0315. The molecule has 3 heterocycles. The maximum absolute atomic E-state index is 12.6. The molecule has 0 spiro atoms. The number of methoxy groups -OCH3 is 1. The Labute approximate surface area is 175 Å². The van der Waals surface area contributed by atoms with Gasteiger partial charge in [-0.2, -0.15) is 4.98 Å². The van der Waals surface area contributed by atoms with E-state index in [-0.39, 0.29) is 29.1 Å². The van der Waals surface area contributed by atoms with E-state index in [0.717, 1.165) is 5.39 Å². The predicted molar refractivity (Wildman–Crippen MR) is 108 cm³/mol. The lowest BCUT2D eigenvalue weighted by Crippen LogP contribution is -2.49. The maximum Gasteiger partial charge on any atom is 0.323 e. The number of carbonyl (C=O) groups excluding carboxylic acids is 2. The third-order valence-corrected chi connectivity index (χ3v) is 4.80. The largest absolute Gasteiger partial charge is 0.497 e. The van der Waals surface area contributed by atoms with Crippen LogP contribution in [0.4, 0.5) is 10.6 Å². The number of anilines is 1. The zero-order chi connectivity index (χ0) is 21.5. The van der Waals surface area contributed by atoms with E-state index >= 15 is 0 Å². The van der Waals surface area contributed by atoms with Crippen LogP contribution in [-0.4, -0.2) is 44.2 Å². The number of amides is 3. The van der Waals surface area contributed by atoms with E-state index < -0.39 is 17.5 Å². The van der Waals surface area contributed by atoms with Crippen molar-refractivity contribution < 1.29 is 19.4 Å². The highest BCUT2D eigenvalue weighted by atomic mass is 35.5. The number of halogens is 1. The van der Waals surface area contributed by atoms with Crippen molar-refractivity contribution >= 4 is 40.1 Å². The zero-order valence-electron chi connectivity index (χ0n) is 15.6. The SMILES string of the molecule is COc1ccc2cn(C[C@@]3(C#Cc4cnc(Cl)nc4N)NC(=O)NC3=O)c(O)c2c1. The number of benzene rings is 1. The van der Waals surface area contributed by atoms with E-state index in [2.05, 4.69) is 32.4 Å². The van der Waals surface area contributed by atoms with E-state index in [1.807, 2.05) is 0 Å². The van der Waals surface area contributed by atoms with Crippen molar-refractivity contribution in [2.75, 3.05) is 12.8 Å². The Balaban J connectivity index is 1.77. The number of nitrogens with one attached hydrogen (secondary N) is 2. The molecular formula is C19H15ClN6O4. The van der Waals surface area contributed by atoms with Gasteiger partial charge in [-0.3, -0.25) is 10.1 Å². The highest BCUT2D eigenvalue weighted by molar-refractivity contribution is 6.28. The number of nitrogens with zero attached hydrogens (tertiary/aromatic N) is 3. The Morgan fingerprint density at radius 2 is 2.20 bits per heavy atom. The van der Waals surface area contributed by atoms with Gasteiger partial charge in [0.05, 0.1) is 19.2 Å². The fourth-order valence-electron chi connectivity index (χ4n) is 3.10. The number of urea groups is 1. The molecule has 2 aromatic heterocycles. The van der Waals surface area contributed by atoms with Gasteiger partial charge in [-0.05, 0) is 29.8 Å². The van der Waals surface area contributed by atoms with Gasteiger partial charge in [-0.15, -0.1) is 0 Å². The first-order valence-corrected chi connectivity index (χ1v) is 9.00. The lowest BCUT2D eigenvalue weighted by Gasteiger charge is -2.20. The first-order valence-electron chi connectivity index (χ1n) is 8.62. The number of fused-ring (bicyclic) bond motifs is 1. The molecule has 1 atom stereocenters. The lowest BCUT2D eigenvalue weighted by molar-refractivity contribution is -0.122. The second kappa shape index (κ2) is 7.13. The molecule has 0 aliphatic carbocycles. The average Bonchev–Trinajstić information content (AvgIpc) is 3.16. The van der Waals surface area contributed by atoms with Crippen LogP contribution in [0.25, 0.3) is 10.8 Å². The van der Waals surface area contributed by atoms with E-state index in [1.54, 1.807) is 24.4 Å². The highest BCUT2D eigenvalue weighted by Gasteiger charge is 2.46. The number of nitrogens with two attached hydrogens (primary N) is 1. The summed E-state index contributed by atoms with van der Waals surface area (Å²) in [7, 11) is 1.52. The van der Waals surface area contributed by atoms with Crippen molar-refractivity contribution in [3.05, 3.63) is 41.4 Å². The van der Waals surface area contributed by atoms with Crippen LogP contribution in [-0.2, 0) is 11.3 Å². The molecule has 11 heteroatoms.